The van der Waals surface area contributed by atoms with Crippen LogP contribution in [0.1, 0.15) is 0 Å². The van der Waals surface area contributed by atoms with Gasteiger partial charge in [-0.1, -0.05) is 0 Å². The van der Waals surface area contributed by atoms with Crippen LogP contribution in [0.4, 0.5) is 5.00 Å². The molecule has 0 saturated carbocycles. The molecule has 0 aliphatic heterocycles. The molecule has 6 heavy (non-hydrogen) atoms. The molecule has 1 aromatic rings. The predicted octanol–water partition coefficient (Wildman–Crippen LogP) is 0.525. The van der Waals surface area contributed by atoms with Gasteiger partial charge in [-0.3, -0.25) is 0 Å². The molecule has 0 bridgehead atoms. The molecule has 1 aromatic heterocycles. The molecule has 1 rings (SSSR count). The van der Waals surface area contributed by atoms with E-state index in [-0.39, 0.29) is 0 Å². The Labute approximate surface area is 39.8 Å². The first-order valence-electron chi connectivity index (χ1n) is 1.47. The highest BCUT2D eigenvalue weighted by atomic mass is 32.1. The number of nitrogens with zero attached hydrogens (tertiary/aromatic N) is 1. The van der Waals surface area contributed by atoms with E-state index in [0.29, 0.717) is 5.00 Å². The van der Waals surface area contributed by atoms with E-state index in [2.05, 4.69) is 10.4 Å². The fourth-order valence-electron chi connectivity index (χ4n) is 0.199. The first kappa shape index (κ1) is 3.61. The van der Waals surface area contributed by atoms with Crippen molar-refractivity contribution in [3.63, 3.8) is 0 Å². The molecule has 0 spiro atoms. The van der Waals surface area contributed by atoms with Gasteiger partial charge in [-0.25, -0.2) is 0 Å². The minimum Gasteiger partial charge on any atom is -0.389 e. The average molecular weight is 99.1 g/mol. The van der Waals surface area contributed by atoms with Crippen LogP contribution >= 0.6 is 11.5 Å². The Morgan fingerprint density at radius 1 is 2.00 bits per heavy atom. The van der Waals surface area contributed by atoms with Gasteiger partial charge in [-0.2, -0.15) is 4.37 Å². The normalized spacial score (nSPS) is 8.67. The lowest BCUT2D eigenvalue weighted by Gasteiger charge is -1.65. The molecule has 0 aromatic carbocycles. The van der Waals surface area contributed by atoms with Crippen molar-refractivity contribution in [3.05, 3.63) is 12.3 Å². The highest BCUT2D eigenvalue weighted by Crippen LogP contribution is 2.01. The van der Waals surface area contributed by atoms with Crippen LogP contribution in [-0.2, 0) is 0 Å². The summed E-state index contributed by atoms with van der Waals surface area (Å²) in [7, 11) is 0. The standard InChI is InChI=1S/C3H3N2S/c4-3-1-2-5-6-3/h2H,4H2. The molecule has 2 nitrogen and oxygen atoms in total. The van der Waals surface area contributed by atoms with Crippen LogP contribution in [0.3, 0.4) is 0 Å². The molecule has 1 radical (unpaired) electrons. The summed E-state index contributed by atoms with van der Waals surface area (Å²) >= 11 is 1.25. The Kier molecular flexibility index (Phi) is 0.759. The Morgan fingerprint density at radius 3 is 3.00 bits per heavy atom. The second-order valence-corrected chi connectivity index (χ2v) is 1.67. The number of rotatable bonds is 0. The summed E-state index contributed by atoms with van der Waals surface area (Å²) in [6.07, 6.45) is 1.56. The SMILES string of the molecule is Nc1[c]cns1. The molecule has 2 N–H and O–H groups in total. The number of hydrogen-bond donors (Lipinski definition) is 1. The molecule has 0 fully saturated rings. The van der Waals surface area contributed by atoms with Crippen molar-refractivity contribution < 1.29 is 0 Å². The molecule has 0 saturated heterocycles. The van der Waals surface area contributed by atoms with Gasteiger partial charge >= 0.3 is 0 Å². The Bertz CT molecular complexity index is 112. The summed E-state index contributed by atoms with van der Waals surface area (Å²) in [5.74, 6) is 0. The quantitative estimate of drug-likeness (QED) is 0.515. The zero-order valence-electron chi connectivity index (χ0n) is 3.01. The third kappa shape index (κ3) is 0.490. The van der Waals surface area contributed by atoms with Crippen molar-refractivity contribution in [2.75, 3.05) is 5.73 Å². The Hall–Kier alpha value is -0.570. The van der Waals surface area contributed by atoms with E-state index in [1.807, 2.05) is 0 Å². The van der Waals surface area contributed by atoms with Crippen LogP contribution in [0.2, 0.25) is 0 Å². The molecule has 0 amide bonds. The molecule has 0 aliphatic rings. The molecule has 3 heteroatoms. The maximum absolute atomic E-state index is 5.18. The van der Waals surface area contributed by atoms with Crippen LogP contribution < -0.4 is 5.73 Å². The molecular formula is C3H3N2S. The summed E-state index contributed by atoms with van der Waals surface area (Å²) in [5, 5.41) is 0.648. The van der Waals surface area contributed by atoms with E-state index >= 15 is 0 Å². The van der Waals surface area contributed by atoms with Crippen molar-refractivity contribution in [3.8, 4) is 0 Å². The van der Waals surface area contributed by atoms with E-state index in [4.69, 9.17) is 5.73 Å². The molecule has 31 valence electrons. The van der Waals surface area contributed by atoms with E-state index in [9.17, 15) is 0 Å². The summed E-state index contributed by atoms with van der Waals surface area (Å²) < 4.78 is 3.68. The van der Waals surface area contributed by atoms with E-state index in [1.54, 1.807) is 6.20 Å². The van der Waals surface area contributed by atoms with Gasteiger partial charge in [0.1, 0.15) is 5.00 Å². The van der Waals surface area contributed by atoms with Crippen LogP contribution in [0, 0.1) is 6.07 Å². The Balaban J connectivity index is 3.05. The highest BCUT2D eigenvalue weighted by Gasteiger charge is 1.78. The third-order valence-electron chi connectivity index (χ3n) is 0.411. The van der Waals surface area contributed by atoms with E-state index < -0.39 is 0 Å². The molecule has 0 unspecified atom stereocenters. The third-order valence-corrected chi connectivity index (χ3v) is 0.936. The second kappa shape index (κ2) is 1.26. The zero-order valence-corrected chi connectivity index (χ0v) is 3.83. The number of aromatic nitrogens is 1. The van der Waals surface area contributed by atoms with Crippen molar-refractivity contribution >= 4 is 16.5 Å². The summed E-state index contributed by atoms with van der Waals surface area (Å²) in [6.45, 7) is 0. The lowest BCUT2D eigenvalue weighted by molar-refractivity contribution is 1.58. The smallest absolute Gasteiger partial charge is 0.114 e. The van der Waals surface area contributed by atoms with Gasteiger partial charge in [0.2, 0.25) is 0 Å². The first-order valence-corrected chi connectivity index (χ1v) is 2.25. The minimum atomic E-state index is 0.648. The van der Waals surface area contributed by atoms with Crippen molar-refractivity contribution in [2.45, 2.75) is 0 Å². The van der Waals surface area contributed by atoms with Crippen LogP contribution in [0.15, 0.2) is 6.20 Å². The number of nitrogen functional groups attached to an aromatic ring is 1. The molecule has 0 aliphatic carbocycles. The van der Waals surface area contributed by atoms with E-state index in [0.717, 1.165) is 0 Å². The summed E-state index contributed by atoms with van der Waals surface area (Å²) in [4.78, 5) is 0. The number of hydrogen-bond acceptors (Lipinski definition) is 3. The summed E-state index contributed by atoms with van der Waals surface area (Å²) in [6, 6.07) is 2.69. The van der Waals surface area contributed by atoms with Crippen LogP contribution in [0.5, 0.6) is 0 Å². The van der Waals surface area contributed by atoms with Gasteiger partial charge in [0.15, 0.2) is 0 Å². The topological polar surface area (TPSA) is 38.9 Å². The maximum Gasteiger partial charge on any atom is 0.114 e. The van der Waals surface area contributed by atoms with Gasteiger partial charge < -0.3 is 5.73 Å². The molecule has 1 heterocycles. The molecule has 0 atom stereocenters. The van der Waals surface area contributed by atoms with Gasteiger partial charge in [0.05, 0.1) is 6.20 Å². The van der Waals surface area contributed by atoms with Crippen molar-refractivity contribution in [2.24, 2.45) is 0 Å². The van der Waals surface area contributed by atoms with E-state index in [1.165, 1.54) is 11.5 Å². The Morgan fingerprint density at radius 2 is 2.83 bits per heavy atom. The maximum atomic E-state index is 5.18. The zero-order chi connectivity index (χ0) is 4.41. The number of anilines is 1. The van der Waals surface area contributed by atoms with Crippen LogP contribution in [-0.4, -0.2) is 4.37 Å². The van der Waals surface area contributed by atoms with Gasteiger partial charge in [0.25, 0.3) is 0 Å². The second-order valence-electron chi connectivity index (χ2n) is 0.834. The predicted molar refractivity (Wildman–Crippen MR) is 25.4 cm³/mol. The average Bonchev–Trinajstić information content (AvgIpc) is 1.86. The van der Waals surface area contributed by atoms with Gasteiger partial charge in [-0.15, -0.1) is 0 Å². The number of nitrogens with two attached hydrogens (primary N) is 1. The minimum absolute atomic E-state index is 0.648. The summed E-state index contributed by atoms with van der Waals surface area (Å²) in [5.41, 5.74) is 5.18. The van der Waals surface area contributed by atoms with Gasteiger partial charge in [0, 0.05) is 6.07 Å². The largest absolute Gasteiger partial charge is 0.389 e. The fraction of sp³-hybridized carbons (Fsp3) is 0. The first-order chi connectivity index (χ1) is 2.89. The van der Waals surface area contributed by atoms with Gasteiger partial charge in [-0.05, 0) is 11.5 Å². The lowest BCUT2D eigenvalue weighted by Crippen LogP contribution is -1.72. The monoisotopic (exact) mass is 99.0 g/mol. The van der Waals surface area contributed by atoms with Crippen molar-refractivity contribution in [1.29, 1.82) is 0 Å². The highest BCUT2D eigenvalue weighted by molar-refractivity contribution is 7.09. The molecular weight excluding hydrogens is 96.1 g/mol. The lowest BCUT2D eigenvalue weighted by atomic mass is 10.7. The van der Waals surface area contributed by atoms with Crippen LogP contribution in [0.25, 0.3) is 0 Å². The fourth-order valence-corrected chi connectivity index (χ4v) is 0.524. The van der Waals surface area contributed by atoms with Crippen molar-refractivity contribution in [1.82, 2.24) is 4.37 Å².